The van der Waals surface area contributed by atoms with Crippen LogP contribution in [-0.2, 0) is 4.79 Å². The second-order valence-corrected chi connectivity index (χ2v) is 8.12. The first kappa shape index (κ1) is 22.2. The first-order chi connectivity index (χ1) is 17.2. The molecule has 1 aliphatic rings. The van der Waals surface area contributed by atoms with Crippen molar-refractivity contribution in [1.82, 2.24) is 0 Å². The smallest absolute Gasteiger partial charge is 0.180 e. The number of hydrogen-bond donors (Lipinski definition) is 0. The number of carbonyl (C=O) groups is 2. The van der Waals surface area contributed by atoms with Crippen molar-refractivity contribution in [2.75, 3.05) is 0 Å². The number of fused-ring (bicyclic) bond motifs is 1. The fourth-order valence-electron chi connectivity index (χ4n) is 4.37. The summed E-state index contributed by atoms with van der Waals surface area (Å²) in [6.45, 7) is 0. The van der Waals surface area contributed by atoms with E-state index in [0.29, 0.717) is 22.6 Å². The summed E-state index contributed by atoms with van der Waals surface area (Å²) >= 11 is 0. The molecule has 1 aliphatic carbocycles. The van der Waals surface area contributed by atoms with Gasteiger partial charge in [-0.1, -0.05) is 84.9 Å². The van der Waals surface area contributed by atoms with Crippen molar-refractivity contribution < 1.29 is 14.0 Å². The molecule has 170 valence electrons. The Kier molecular flexibility index (Phi) is 6.39. The molecule has 0 saturated heterocycles. The number of allylic oxidation sites excluding steroid dienone is 1. The van der Waals surface area contributed by atoms with Crippen molar-refractivity contribution in [3.05, 3.63) is 137 Å². The van der Waals surface area contributed by atoms with Crippen LogP contribution in [0.5, 0.6) is 0 Å². The van der Waals surface area contributed by atoms with Gasteiger partial charge in [-0.2, -0.15) is 10.2 Å². The summed E-state index contributed by atoms with van der Waals surface area (Å²) in [5, 5.41) is 8.52. The molecule has 35 heavy (non-hydrogen) atoms. The molecule has 1 atom stereocenters. The van der Waals surface area contributed by atoms with Gasteiger partial charge in [0.05, 0.1) is 17.9 Å². The summed E-state index contributed by atoms with van der Waals surface area (Å²) in [6.07, 6.45) is 6.54. The van der Waals surface area contributed by atoms with Crippen LogP contribution in [0.3, 0.4) is 0 Å². The van der Waals surface area contributed by atoms with Crippen LogP contribution in [0, 0.1) is 5.92 Å². The summed E-state index contributed by atoms with van der Waals surface area (Å²) in [5.41, 5.74) is 3.16. The van der Waals surface area contributed by atoms with Gasteiger partial charge in [0.25, 0.3) is 0 Å². The lowest BCUT2D eigenvalue weighted by molar-refractivity contribution is -0.120. The average molecular weight is 459 g/mol. The monoisotopic (exact) mass is 458 g/mol. The van der Waals surface area contributed by atoms with Crippen LogP contribution in [0.4, 0.5) is 0 Å². The lowest BCUT2D eigenvalue weighted by Gasteiger charge is -2.20. The highest BCUT2D eigenvalue weighted by Crippen LogP contribution is 2.35. The van der Waals surface area contributed by atoms with Crippen LogP contribution in [0.15, 0.2) is 124 Å². The fraction of sp³-hybridized carbons (Fsp3) is 0.0667. The third-order valence-electron chi connectivity index (χ3n) is 5.96. The van der Waals surface area contributed by atoms with E-state index < -0.39 is 11.8 Å². The standard InChI is InChI=1S/C30H22N2O3/c33-29-25-18-8-7-17-24(25)28(32-31-19-9-15-23-16-10-20-35-23)27(29)30(34)26(21-11-3-1-4-12-21)22-13-5-2-6-14-22/h1-20,26-27H. The third kappa shape index (κ3) is 4.57. The van der Waals surface area contributed by atoms with Crippen LogP contribution in [0.2, 0.25) is 0 Å². The Bertz CT molecular complexity index is 1380. The molecular formula is C30H22N2O3. The summed E-state index contributed by atoms with van der Waals surface area (Å²) < 4.78 is 5.26. The van der Waals surface area contributed by atoms with Gasteiger partial charge < -0.3 is 4.42 Å². The van der Waals surface area contributed by atoms with Gasteiger partial charge in [-0.15, -0.1) is 0 Å². The Morgan fingerprint density at radius 1 is 0.800 bits per heavy atom. The summed E-state index contributed by atoms with van der Waals surface area (Å²) in [6, 6.07) is 29.9. The molecule has 0 aliphatic heterocycles. The zero-order chi connectivity index (χ0) is 24.0. The van der Waals surface area contributed by atoms with Crippen LogP contribution in [0.25, 0.3) is 6.08 Å². The second-order valence-electron chi connectivity index (χ2n) is 8.12. The zero-order valence-electron chi connectivity index (χ0n) is 18.8. The molecule has 0 N–H and O–H groups in total. The Hall–Kier alpha value is -4.64. The van der Waals surface area contributed by atoms with E-state index in [9.17, 15) is 9.59 Å². The van der Waals surface area contributed by atoms with Crippen LogP contribution < -0.4 is 0 Å². The Morgan fingerprint density at radius 3 is 2.06 bits per heavy atom. The summed E-state index contributed by atoms with van der Waals surface area (Å²) in [7, 11) is 0. The second kappa shape index (κ2) is 10.1. The molecule has 0 fully saturated rings. The van der Waals surface area contributed by atoms with E-state index in [2.05, 4.69) is 10.2 Å². The molecule has 0 saturated carbocycles. The van der Waals surface area contributed by atoms with E-state index in [0.717, 1.165) is 11.1 Å². The van der Waals surface area contributed by atoms with Gasteiger partial charge in [0.15, 0.2) is 11.6 Å². The molecule has 0 spiro atoms. The van der Waals surface area contributed by atoms with E-state index in [1.165, 1.54) is 6.21 Å². The van der Waals surface area contributed by atoms with Crippen molar-refractivity contribution in [2.45, 2.75) is 5.92 Å². The van der Waals surface area contributed by atoms with Crippen LogP contribution in [-0.4, -0.2) is 23.5 Å². The van der Waals surface area contributed by atoms with E-state index in [4.69, 9.17) is 4.42 Å². The van der Waals surface area contributed by atoms with Gasteiger partial charge >= 0.3 is 0 Å². The molecule has 0 bridgehead atoms. The van der Waals surface area contributed by atoms with Crippen LogP contribution >= 0.6 is 0 Å². The highest BCUT2D eigenvalue weighted by atomic mass is 16.3. The van der Waals surface area contributed by atoms with Gasteiger partial charge in [-0.05, 0) is 35.4 Å². The molecular weight excluding hydrogens is 436 g/mol. The molecule has 4 aromatic rings. The van der Waals surface area contributed by atoms with Gasteiger partial charge in [0.2, 0.25) is 0 Å². The average Bonchev–Trinajstić information content (AvgIpc) is 3.52. The van der Waals surface area contributed by atoms with E-state index in [-0.39, 0.29) is 11.6 Å². The van der Waals surface area contributed by atoms with Crippen molar-refractivity contribution in [3.8, 4) is 0 Å². The third-order valence-corrected chi connectivity index (χ3v) is 5.96. The highest BCUT2D eigenvalue weighted by Gasteiger charge is 2.44. The lowest BCUT2D eigenvalue weighted by atomic mass is 9.80. The highest BCUT2D eigenvalue weighted by molar-refractivity contribution is 6.38. The molecule has 5 rings (SSSR count). The zero-order valence-corrected chi connectivity index (χ0v) is 18.8. The van der Waals surface area contributed by atoms with E-state index in [1.807, 2.05) is 78.9 Å². The molecule has 5 heteroatoms. The number of ketones is 2. The fourth-order valence-corrected chi connectivity index (χ4v) is 4.37. The van der Waals surface area contributed by atoms with E-state index >= 15 is 0 Å². The number of hydrogen-bond acceptors (Lipinski definition) is 5. The molecule has 1 heterocycles. The van der Waals surface area contributed by atoms with Gasteiger partial charge in [0.1, 0.15) is 11.7 Å². The first-order valence-electron chi connectivity index (χ1n) is 11.3. The molecule has 1 unspecified atom stereocenters. The van der Waals surface area contributed by atoms with Gasteiger partial charge in [0, 0.05) is 17.3 Å². The van der Waals surface area contributed by atoms with Crippen molar-refractivity contribution in [3.63, 3.8) is 0 Å². The number of carbonyl (C=O) groups excluding carboxylic acids is 2. The molecule has 3 aromatic carbocycles. The minimum Gasteiger partial charge on any atom is -0.465 e. The molecule has 0 radical (unpaired) electrons. The maximum atomic E-state index is 14.1. The van der Waals surface area contributed by atoms with Crippen LogP contribution in [0.1, 0.15) is 38.7 Å². The number of furan rings is 1. The van der Waals surface area contributed by atoms with Gasteiger partial charge in [-0.25, -0.2) is 0 Å². The topological polar surface area (TPSA) is 72.0 Å². The van der Waals surface area contributed by atoms with Crippen molar-refractivity contribution >= 4 is 29.6 Å². The maximum Gasteiger partial charge on any atom is 0.180 e. The largest absolute Gasteiger partial charge is 0.465 e. The predicted octanol–water partition coefficient (Wildman–Crippen LogP) is 5.98. The normalized spacial score (nSPS) is 16.5. The summed E-state index contributed by atoms with van der Waals surface area (Å²) in [5.74, 6) is -1.42. The number of nitrogens with zero attached hydrogens (tertiary/aromatic N) is 2. The Morgan fingerprint density at radius 2 is 1.43 bits per heavy atom. The Labute approximate surface area is 203 Å². The molecule has 1 aromatic heterocycles. The van der Waals surface area contributed by atoms with Crippen molar-refractivity contribution in [2.24, 2.45) is 16.1 Å². The predicted molar refractivity (Wildman–Crippen MR) is 137 cm³/mol. The lowest BCUT2D eigenvalue weighted by Crippen LogP contribution is -2.31. The first-order valence-corrected chi connectivity index (χ1v) is 11.3. The quantitative estimate of drug-likeness (QED) is 0.194. The van der Waals surface area contributed by atoms with E-state index in [1.54, 1.807) is 36.6 Å². The summed E-state index contributed by atoms with van der Waals surface area (Å²) in [4.78, 5) is 27.6. The minimum absolute atomic E-state index is 0.219. The number of Topliss-reactive ketones (excluding diaryl/α,β-unsaturated/α-hetero) is 2. The minimum atomic E-state index is -1.04. The SMILES string of the molecule is O=C1c2ccccc2C(=NN=CC=Cc2ccco2)C1C(=O)C(c1ccccc1)c1ccccc1. The maximum absolute atomic E-state index is 14.1. The molecule has 5 nitrogen and oxygen atoms in total. The Balaban J connectivity index is 1.54. The van der Waals surface area contributed by atoms with Gasteiger partial charge in [-0.3, -0.25) is 9.59 Å². The van der Waals surface area contributed by atoms with Crippen molar-refractivity contribution in [1.29, 1.82) is 0 Å². The molecule has 0 amide bonds. The number of benzene rings is 3. The number of rotatable bonds is 7.